The Morgan fingerprint density at radius 2 is 2.24 bits per heavy atom. The van der Waals surface area contributed by atoms with Crippen molar-refractivity contribution in [2.45, 2.75) is 26.7 Å². The number of hydrogen-bond donors (Lipinski definition) is 1. The second-order valence-corrected chi connectivity index (χ2v) is 4.69. The van der Waals surface area contributed by atoms with Crippen LogP contribution in [0.5, 0.6) is 0 Å². The van der Waals surface area contributed by atoms with E-state index in [2.05, 4.69) is 10.3 Å². The third-order valence-corrected chi connectivity index (χ3v) is 3.10. The van der Waals surface area contributed by atoms with Crippen molar-refractivity contribution in [1.29, 1.82) is 0 Å². The van der Waals surface area contributed by atoms with E-state index in [9.17, 15) is 9.59 Å². The van der Waals surface area contributed by atoms with Gasteiger partial charge in [-0.3, -0.25) is 14.9 Å². The molecule has 2 amide bonds. The molecule has 0 atom stereocenters. The monoisotopic (exact) mass is 255 g/mol. The fraction of sp³-hybridized carbons (Fsp3) is 0.545. The standard InChI is InChI=1S/C11H17N3O2S/c1-4-5-6-14(3)10(16)9(15)13-11-12-8(2)7-17-11/h7H,4-6H2,1-3H3,(H,12,13,15). The Hall–Kier alpha value is -1.43. The number of nitrogens with zero attached hydrogens (tertiary/aromatic N) is 2. The molecule has 1 rings (SSSR count). The van der Waals surface area contributed by atoms with Gasteiger partial charge in [-0.2, -0.15) is 0 Å². The smallest absolute Gasteiger partial charge is 0.315 e. The molecule has 0 unspecified atom stereocenters. The molecule has 0 aliphatic rings. The molecular formula is C11H17N3O2S. The molecule has 0 aliphatic carbocycles. The maximum Gasteiger partial charge on any atom is 0.315 e. The number of hydrogen-bond acceptors (Lipinski definition) is 4. The third kappa shape index (κ3) is 4.14. The Balaban J connectivity index is 2.49. The highest BCUT2D eigenvalue weighted by molar-refractivity contribution is 7.14. The van der Waals surface area contributed by atoms with Crippen molar-refractivity contribution in [3.05, 3.63) is 11.1 Å². The van der Waals surface area contributed by atoms with Crippen molar-refractivity contribution >= 4 is 28.3 Å². The molecule has 17 heavy (non-hydrogen) atoms. The first-order valence-electron chi connectivity index (χ1n) is 5.53. The second kappa shape index (κ2) is 6.34. The van der Waals surface area contributed by atoms with Gasteiger partial charge >= 0.3 is 11.8 Å². The largest absolute Gasteiger partial charge is 0.338 e. The SMILES string of the molecule is CCCCN(C)C(=O)C(=O)Nc1nc(C)cs1. The van der Waals surface area contributed by atoms with E-state index in [1.807, 2.05) is 19.2 Å². The Morgan fingerprint density at radius 3 is 2.76 bits per heavy atom. The normalized spacial score (nSPS) is 10.1. The number of anilines is 1. The number of aromatic nitrogens is 1. The molecule has 0 saturated carbocycles. The second-order valence-electron chi connectivity index (χ2n) is 3.83. The number of carbonyl (C=O) groups excluding carboxylic acids is 2. The van der Waals surface area contributed by atoms with Crippen molar-refractivity contribution in [2.24, 2.45) is 0 Å². The zero-order valence-electron chi connectivity index (χ0n) is 10.3. The van der Waals surface area contributed by atoms with E-state index >= 15 is 0 Å². The Bertz CT molecular complexity index is 403. The lowest BCUT2D eigenvalue weighted by atomic mass is 10.3. The molecular weight excluding hydrogens is 238 g/mol. The molecule has 0 saturated heterocycles. The molecule has 5 nitrogen and oxygen atoms in total. The van der Waals surface area contributed by atoms with Crippen molar-refractivity contribution in [2.75, 3.05) is 18.9 Å². The van der Waals surface area contributed by atoms with Crippen LogP contribution in [0.4, 0.5) is 5.13 Å². The van der Waals surface area contributed by atoms with Crippen molar-refractivity contribution in [3.63, 3.8) is 0 Å². The fourth-order valence-electron chi connectivity index (χ4n) is 1.23. The third-order valence-electron chi connectivity index (χ3n) is 2.23. The summed E-state index contributed by atoms with van der Waals surface area (Å²) >= 11 is 1.31. The van der Waals surface area contributed by atoms with Crippen LogP contribution in [0.25, 0.3) is 0 Å². The van der Waals surface area contributed by atoms with Crippen LogP contribution in [0.1, 0.15) is 25.5 Å². The minimum atomic E-state index is -0.627. The number of aryl methyl sites for hydroxylation is 1. The number of unbranched alkanes of at least 4 members (excludes halogenated alkanes) is 1. The summed E-state index contributed by atoms with van der Waals surface area (Å²) in [5, 5.41) is 4.78. The van der Waals surface area contributed by atoms with Crippen LogP contribution in [0, 0.1) is 6.92 Å². The van der Waals surface area contributed by atoms with Gasteiger partial charge in [-0.25, -0.2) is 4.98 Å². The number of amides is 2. The highest BCUT2D eigenvalue weighted by Gasteiger charge is 2.19. The summed E-state index contributed by atoms with van der Waals surface area (Å²) in [5.41, 5.74) is 0.831. The van der Waals surface area contributed by atoms with Crippen LogP contribution >= 0.6 is 11.3 Å². The zero-order chi connectivity index (χ0) is 12.8. The van der Waals surface area contributed by atoms with E-state index in [1.54, 1.807) is 7.05 Å². The topological polar surface area (TPSA) is 62.3 Å². The minimum absolute atomic E-state index is 0.463. The van der Waals surface area contributed by atoms with Crippen LogP contribution in [0.15, 0.2) is 5.38 Å². The summed E-state index contributed by atoms with van der Waals surface area (Å²) in [6, 6.07) is 0. The summed E-state index contributed by atoms with van der Waals surface area (Å²) in [6.45, 7) is 4.47. The van der Waals surface area contributed by atoms with Gasteiger partial charge in [0.15, 0.2) is 5.13 Å². The predicted octanol–water partition coefficient (Wildman–Crippen LogP) is 1.65. The average molecular weight is 255 g/mol. The Labute approximate surface area is 105 Å². The van der Waals surface area contributed by atoms with Crippen molar-refractivity contribution in [1.82, 2.24) is 9.88 Å². The maximum atomic E-state index is 11.7. The van der Waals surface area contributed by atoms with Gasteiger partial charge in [0.2, 0.25) is 0 Å². The molecule has 1 aromatic heterocycles. The zero-order valence-corrected chi connectivity index (χ0v) is 11.1. The lowest BCUT2D eigenvalue weighted by Crippen LogP contribution is -2.37. The van der Waals surface area contributed by atoms with Gasteiger partial charge in [0.1, 0.15) is 0 Å². The molecule has 1 heterocycles. The molecule has 0 aliphatic heterocycles. The summed E-state index contributed by atoms with van der Waals surface area (Å²) in [4.78, 5) is 28.7. The predicted molar refractivity (Wildman–Crippen MR) is 68.0 cm³/mol. The van der Waals surface area contributed by atoms with Gasteiger partial charge in [0, 0.05) is 19.0 Å². The highest BCUT2D eigenvalue weighted by Crippen LogP contribution is 2.14. The highest BCUT2D eigenvalue weighted by atomic mass is 32.1. The van der Waals surface area contributed by atoms with E-state index in [0.29, 0.717) is 11.7 Å². The van der Waals surface area contributed by atoms with Crippen LogP contribution in [0.3, 0.4) is 0 Å². The molecule has 0 bridgehead atoms. The lowest BCUT2D eigenvalue weighted by Gasteiger charge is -2.15. The van der Waals surface area contributed by atoms with Crippen LogP contribution in [-0.2, 0) is 9.59 Å². The quantitative estimate of drug-likeness (QED) is 0.832. The minimum Gasteiger partial charge on any atom is -0.338 e. The van der Waals surface area contributed by atoms with E-state index in [4.69, 9.17) is 0 Å². The summed E-state index contributed by atoms with van der Waals surface area (Å²) in [5.74, 6) is -1.15. The summed E-state index contributed by atoms with van der Waals surface area (Å²) < 4.78 is 0. The van der Waals surface area contributed by atoms with Gasteiger partial charge in [-0.05, 0) is 13.3 Å². The van der Waals surface area contributed by atoms with Crippen molar-refractivity contribution in [3.8, 4) is 0 Å². The average Bonchev–Trinajstić information content (AvgIpc) is 2.70. The summed E-state index contributed by atoms with van der Waals surface area (Å²) in [7, 11) is 1.63. The number of rotatable bonds is 4. The van der Waals surface area contributed by atoms with Gasteiger partial charge in [0.25, 0.3) is 0 Å². The van der Waals surface area contributed by atoms with Crippen LogP contribution in [-0.4, -0.2) is 35.3 Å². The van der Waals surface area contributed by atoms with E-state index in [1.165, 1.54) is 16.2 Å². The van der Waals surface area contributed by atoms with Gasteiger partial charge in [-0.1, -0.05) is 13.3 Å². The fourth-order valence-corrected chi connectivity index (χ4v) is 1.92. The Kier molecular flexibility index (Phi) is 5.09. The first-order chi connectivity index (χ1) is 8.04. The molecule has 1 N–H and O–H groups in total. The van der Waals surface area contributed by atoms with E-state index < -0.39 is 11.8 Å². The number of thiazole rings is 1. The van der Waals surface area contributed by atoms with Gasteiger partial charge in [0.05, 0.1) is 5.69 Å². The van der Waals surface area contributed by atoms with Gasteiger partial charge < -0.3 is 4.90 Å². The first-order valence-corrected chi connectivity index (χ1v) is 6.41. The molecule has 0 aromatic carbocycles. The number of likely N-dealkylation sites (N-methyl/N-ethyl adjacent to an activating group) is 1. The Morgan fingerprint density at radius 1 is 1.53 bits per heavy atom. The first kappa shape index (κ1) is 13.6. The molecule has 0 spiro atoms. The number of nitrogens with one attached hydrogen (secondary N) is 1. The van der Waals surface area contributed by atoms with Crippen LogP contribution < -0.4 is 5.32 Å². The van der Waals surface area contributed by atoms with E-state index in [-0.39, 0.29) is 0 Å². The van der Waals surface area contributed by atoms with Gasteiger partial charge in [-0.15, -0.1) is 11.3 Å². The van der Waals surface area contributed by atoms with Crippen LogP contribution in [0.2, 0.25) is 0 Å². The number of carbonyl (C=O) groups is 2. The molecule has 1 aromatic rings. The van der Waals surface area contributed by atoms with Crippen molar-refractivity contribution < 1.29 is 9.59 Å². The molecule has 0 fully saturated rings. The molecule has 6 heteroatoms. The lowest BCUT2D eigenvalue weighted by molar-refractivity contribution is -0.142. The van der Waals surface area contributed by atoms with E-state index in [0.717, 1.165) is 18.5 Å². The maximum absolute atomic E-state index is 11.7. The molecule has 94 valence electrons. The molecule has 0 radical (unpaired) electrons. The summed E-state index contributed by atoms with van der Waals surface area (Å²) in [6.07, 6.45) is 1.89.